The van der Waals surface area contributed by atoms with E-state index in [0.717, 1.165) is 5.56 Å². The van der Waals surface area contributed by atoms with E-state index in [1.807, 2.05) is 25.7 Å². The van der Waals surface area contributed by atoms with Gasteiger partial charge in [0.05, 0.1) is 26.6 Å². The van der Waals surface area contributed by atoms with Gasteiger partial charge in [-0.3, -0.25) is 0 Å². The van der Waals surface area contributed by atoms with Gasteiger partial charge in [0.15, 0.2) is 5.75 Å². The molecule has 0 aromatic carbocycles. The van der Waals surface area contributed by atoms with Crippen LogP contribution in [0.1, 0.15) is 26.3 Å². The van der Waals surface area contributed by atoms with E-state index in [1.165, 1.54) is 0 Å². The van der Waals surface area contributed by atoms with Crippen molar-refractivity contribution < 1.29 is 23.7 Å². The lowest BCUT2D eigenvalue weighted by molar-refractivity contribution is 0.0240. The van der Waals surface area contributed by atoms with E-state index in [0.29, 0.717) is 56.2 Å². The SMILES string of the molecule is COc1cc(COc2cnc(N3CCN(C(=O)OC(C)(C)C)CC3)nc2)cc(OC)n1. The molecule has 0 N–H and O–H groups in total. The van der Waals surface area contributed by atoms with Crippen molar-refractivity contribution in [2.75, 3.05) is 45.3 Å². The second-order valence-corrected chi connectivity index (χ2v) is 8.02. The number of carbonyl (C=O) groups excluding carboxylic acids is 1. The van der Waals surface area contributed by atoms with Crippen LogP contribution in [0, 0.1) is 0 Å². The molecule has 0 atom stereocenters. The average Bonchev–Trinajstić information content (AvgIpc) is 2.76. The first kappa shape index (κ1) is 22.4. The van der Waals surface area contributed by atoms with Crippen LogP contribution in [0.4, 0.5) is 10.7 Å². The number of ether oxygens (including phenoxy) is 4. The molecule has 10 nitrogen and oxygen atoms in total. The van der Waals surface area contributed by atoms with Crippen LogP contribution in [0.5, 0.6) is 17.5 Å². The minimum atomic E-state index is -0.500. The zero-order chi connectivity index (χ0) is 22.4. The third-order valence-electron chi connectivity index (χ3n) is 4.49. The summed E-state index contributed by atoms with van der Waals surface area (Å²) < 4.78 is 21.5. The van der Waals surface area contributed by atoms with Gasteiger partial charge in [-0.15, -0.1) is 0 Å². The van der Waals surface area contributed by atoms with E-state index in [4.69, 9.17) is 18.9 Å². The van der Waals surface area contributed by atoms with Crippen molar-refractivity contribution in [3.63, 3.8) is 0 Å². The number of rotatable bonds is 6. The molecule has 3 heterocycles. The highest BCUT2D eigenvalue weighted by atomic mass is 16.6. The predicted molar refractivity (Wildman–Crippen MR) is 114 cm³/mol. The molecule has 0 bridgehead atoms. The lowest BCUT2D eigenvalue weighted by atomic mass is 10.2. The smallest absolute Gasteiger partial charge is 0.410 e. The van der Waals surface area contributed by atoms with Crippen molar-refractivity contribution in [1.29, 1.82) is 0 Å². The maximum absolute atomic E-state index is 12.2. The number of amides is 1. The highest BCUT2D eigenvalue weighted by Gasteiger charge is 2.26. The summed E-state index contributed by atoms with van der Waals surface area (Å²) in [4.78, 5) is 28.9. The molecule has 3 rings (SSSR count). The Morgan fingerprint density at radius 1 is 1.00 bits per heavy atom. The number of nitrogens with zero attached hydrogens (tertiary/aromatic N) is 5. The van der Waals surface area contributed by atoms with Crippen molar-refractivity contribution in [2.24, 2.45) is 0 Å². The number of aromatic nitrogens is 3. The Labute approximate surface area is 182 Å². The van der Waals surface area contributed by atoms with Crippen LogP contribution in [0.2, 0.25) is 0 Å². The van der Waals surface area contributed by atoms with E-state index < -0.39 is 5.60 Å². The van der Waals surface area contributed by atoms with Crippen LogP contribution in [-0.4, -0.2) is 71.9 Å². The summed E-state index contributed by atoms with van der Waals surface area (Å²) >= 11 is 0. The zero-order valence-electron chi connectivity index (χ0n) is 18.6. The third kappa shape index (κ3) is 6.34. The minimum absolute atomic E-state index is 0.291. The molecular formula is C21H29N5O5. The first-order valence-electron chi connectivity index (χ1n) is 10.0. The molecule has 1 aliphatic heterocycles. The maximum Gasteiger partial charge on any atom is 0.410 e. The highest BCUT2D eigenvalue weighted by molar-refractivity contribution is 5.68. The molecule has 31 heavy (non-hydrogen) atoms. The summed E-state index contributed by atoms with van der Waals surface area (Å²) in [5, 5.41) is 0. The molecule has 0 aliphatic carbocycles. The van der Waals surface area contributed by atoms with Crippen LogP contribution in [0.3, 0.4) is 0 Å². The van der Waals surface area contributed by atoms with Gasteiger partial charge in [-0.05, 0) is 26.3 Å². The van der Waals surface area contributed by atoms with Gasteiger partial charge in [0.25, 0.3) is 0 Å². The van der Waals surface area contributed by atoms with E-state index in [2.05, 4.69) is 15.0 Å². The van der Waals surface area contributed by atoms with Gasteiger partial charge in [0.1, 0.15) is 12.2 Å². The van der Waals surface area contributed by atoms with Crippen molar-refractivity contribution >= 4 is 12.0 Å². The lowest BCUT2D eigenvalue weighted by Crippen LogP contribution is -2.50. The minimum Gasteiger partial charge on any atom is -0.486 e. The quantitative estimate of drug-likeness (QED) is 0.683. The van der Waals surface area contributed by atoms with E-state index >= 15 is 0 Å². The Bertz CT molecular complexity index is 854. The fourth-order valence-electron chi connectivity index (χ4n) is 2.95. The molecular weight excluding hydrogens is 402 g/mol. The topological polar surface area (TPSA) is 99.1 Å². The molecule has 2 aromatic rings. The van der Waals surface area contributed by atoms with Crippen molar-refractivity contribution in [3.05, 3.63) is 30.1 Å². The number of hydrogen-bond acceptors (Lipinski definition) is 9. The molecule has 10 heteroatoms. The average molecular weight is 431 g/mol. The number of piperazine rings is 1. The molecule has 0 radical (unpaired) electrons. The molecule has 0 spiro atoms. The molecule has 1 amide bonds. The molecule has 0 saturated carbocycles. The van der Waals surface area contributed by atoms with Gasteiger partial charge >= 0.3 is 6.09 Å². The normalized spacial score (nSPS) is 14.2. The predicted octanol–water partition coefficient (Wildman–Crippen LogP) is 2.52. The second-order valence-electron chi connectivity index (χ2n) is 8.02. The highest BCUT2D eigenvalue weighted by Crippen LogP contribution is 2.20. The summed E-state index contributed by atoms with van der Waals surface area (Å²) in [7, 11) is 3.10. The molecule has 0 unspecified atom stereocenters. The lowest BCUT2D eigenvalue weighted by Gasteiger charge is -2.35. The Morgan fingerprint density at radius 3 is 2.10 bits per heavy atom. The molecule has 1 aliphatic rings. The Morgan fingerprint density at radius 2 is 1.58 bits per heavy atom. The van der Waals surface area contributed by atoms with E-state index in [1.54, 1.807) is 43.6 Å². The van der Waals surface area contributed by atoms with Crippen LogP contribution in [0.15, 0.2) is 24.5 Å². The van der Waals surface area contributed by atoms with Crippen molar-refractivity contribution in [2.45, 2.75) is 33.0 Å². The summed E-state index contributed by atoms with van der Waals surface area (Å²) in [5.74, 6) is 2.06. The van der Waals surface area contributed by atoms with Crippen LogP contribution >= 0.6 is 0 Å². The van der Waals surface area contributed by atoms with Crippen molar-refractivity contribution in [1.82, 2.24) is 19.9 Å². The number of pyridine rings is 1. The fraction of sp³-hybridized carbons (Fsp3) is 0.524. The third-order valence-corrected chi connectivity index (χ3v) is 4.49. The van der Waals surface area contributed by atoms with Gasteiger partial charge in [-0.2, -0.15) is 4.98 Å². The monoisotopic (exact) mass is 431 g/mol. The number of methoxy groups -OCH3 is 2. The molecule has 2 aromatic heterocycles. The standard InChI is InChI=1S/C21H29N5O5/c1-21(2,3)31-20(27)26-8-6-25(7-9-26)19-22-12-16(13-23-19)30-14-15-10-17(28-4)24-18(11-15)29-5/h10-13H,6-9,14H2,1-5H3. The van der Waals surface area contributed by atoms with Gasteiger partial charge < -0.3 is 28.7 Å². The number of carbonyl (C=O) groups is 1. The van der Waals surface area contributed by atoms with E-state index in [9.17, 15) is 4.79 Å². The van der Waals surface area contributed by atoms with Gasteiger partial charge in [-0.25, -0.2) is 14.8 Å². The Kier molecular flexibility index (Phi) is 6.98. The molecule has 1 saturated heterocycles. The largest absolute Gasteiger partial charge is 0.486 e. The van der Waals surface area contributed by atoms with Crippen LogP contribution in [0.25, 0.3) is 0 Å². The van der Waals surface area contributed by atoms with Crippen molar-refractivity contribution in [3.8, 4) is 17.5 Å². The second kappa shape index (κ2) is 9.67. The molecule has 1 fully saturated rings. The maximum atomic E-state index is 12.2. The first-order valence-corrected chi connectivity index (χ1v) is 10.0. The summed E-state index contributed by atoms with van der Waals surface area (Å²) in [5.41, 5.74) is 0.353. The van der Waals surface area contributed by atoms with Crippen LogP contribution in [-0.2, 0) is 11.3 Å². The molecule has 168 valence electrons. The van der Waals surface area contributed by atoms with Gasteiger partial charge in [0, 0.05) is 38.3 Å². The summed E-state index contributed by atoms with van der Waals surface area (Å²) in [6.45, 7) is 8.27. The summed E-state index contributed by atoms with van der Waals surface area (Å²) in [6.07, 6.45) is 2.98. The zero-order valence-corrected chi connectivity index (χ0v) is 18.6. The van der Waals surface area contributed by atoms with Gasteiger partial charge in [0.2, 0.25) is 17.7 Å². The summed E-state index contributed by atoms with van der Waals surface area (Å²) in [6, 6.07) is 3.56. The number of anilines is 1. The van der Waals surface area contributed by atoms with E-state index in [-0.39, 0.29) is 6.09 Å². The Hall–Kier alpha value is -3.30. The first-order chi connectivity index (χ1) is 14.8. The Balaban J connectivity index is 1.52. The fourth-order valence-corrected chi connectivity index (χ4v) is 2.95. The number of hydrogen-bond donors (Lipinski definition) is 0. The van der Waals surface area contributed by atoms with Gasteiger partial charge in [-0.1, -0.05) is 0 Å². The van der Waals surface area contributed by atoms with Crippen LogP contribution < -0.4 is 19.1 Å².